The largest absolute Gasteiger partial charge is 0.378 e. The van der Waals surface area contributed by atoms with E-state index in [9.17, 15) is 8.42 Å². The average molecular weight is 309 g/mol. The standard InChI is InChI=1S/C16H23NO3S/c18-21(19,16-11-12-4-5-13(16)10-12)15-3-1-2-14(15)17-6-8-20-9-7-17/h4-5,12-13,16H,1-3,6-11H2/t12-,13-,16-/m0/s1. The second-order valence-electron chi connectivity index (χ2n) is 6.69. The van der Waals surface area contributed by atoms with Crippen LogP contribution in [0, 0.1) is 11.8 Å². The summed E-state index contributed by atoms with van der Waals surface area (Å²) in [5.74, 6) is 0.766. The molecule has 0 aromatic carbocycles. The molecule has 0 amide bonds. The molecule has 3 aliphatic carbocycles. The zero-order valence-electron chi connectivity index (χ0n) is 12.3. The molecule has 21 heavy (non-hydrogen) atoms. The number of rotatable bonds is 3. The van der Waals surface area contributed by atoms with Gasteiger partial charge in [0.2, 0.25) is 0 Å². The summed E-state index contributed by atoms with van der Waals surface area (Å²) >= 11 is 0. The van der Waals surface area contributed by atoms with E-state index in [2.05, 4.69) is 17.1 Å². The van der Waals surface area contributed by atoms with Gasteiger partial charge in [-0.05, 0) is 43.9 Å². The lowest BCUT2D eigenvalue weighted by Crippen LogP contribution is -2.37. The van der Waals surface area contributed by atoms with Crippen LogP contribution in [0.15, 0.2) is 22.8 Å². The Kier molecular flexibility index (Phi) is 3.38. The first-order chi connectivity index (χ1) is 10.2. The van der Waals surface area contributed by atoms with E-state index in [0.29, 0.717) is 19.1 Å². The Morgan fingerprint density at radius 3 is 2.57 bits per heavy atom. The monoisotopic (exact) mass is 309 g/mol. The Morgan fingerprint density at radius 1 is 1.10 bits per heavy atom. The molecule has 1 saturated carbocycles. The lowest BCUT2D eigenvalue weighted by molar-refractivity contribution is 0.0525. The molecule has 0 aromatic rings. The highest BCUT2D eigenvalue weighted by atomic mass is 32.2. The third-order valence-corrected chi connectivity index (χ3v) is 7.96. The number of allylic oxidation sites excluding steroid dienone is 4. The molecular weight excluding hydrogens is 286 g/mol. The number of sulfone groups is 1. The van der Waals surface area contributed by atoms with E-state index in [4.69, 9.17) is 4.74 Å². The molecule has 116 valence electrons. The van der Waals surface area contributed by atoms with Crippen LogP contribution in [0.4, 0.5) is 0 Å². The van der Waals surface area contributed by atoms with Crippen LogP contribution < -0.4 is 0 Å². The molecule has 0 aromatic heterocycles. The Hall–Kier alpha value is -0.810. The summed E-state index contributed by atoms with van der Waals surface area (Å²) in [6.45, 7) is 3.11. The summed E-state index contributed by atoms with van der Waals surface area (Å²) in [6.07, 6.45) is 8.88. The molecule has 5 heteroatoms. The van der Waals surface area contributed by atoms with Gasteiger partial charge in [0.15, 0.2) is 9.84 Å². The molecular formula is C16H23NO3S. The molecule has 1 saturated heterocycles. The Labute approximate surface area is 126 Å². The number of ether oxygens (including phenoxy) is 1. The first kappa shape index (κ1) is 13.8. The summed E-state index contributed by atoms with van der Waals surface area (Å²) in [4.78, 5) is 3.02. The molecule has 2 fully saturated rings. The molecule has 0 radical (unpaired) electrons. The van der Waals surface area contributed by atoms with Crippen LogP contribution in [0.2, 0.25) is 0 Å². The fourth-order valence-electron chi connectivity index (χ4n) is 4.44. The molecule has 0 spiro atoms. The summed E-state index contributed by atoms with van der Waals surface area (Å²) in [6, 6.07) is 0. The van der Waals surface area contributed by atoms with Crippen molar-refractivity contribution in [2.24, 2.45) is 11.8 Å². The SMILES string of the molecule is O=S(=O)(C1=C(N2CCOCC2)CCC1)[C@H]1C[C@H]2C=C[C@H]1C2. The molecule has 0 unspecified atom stereocenters. The van der Waals surface area contributed by atoms with E-state index in [-0.39, 0.29) is 11.2 Å². The molecule has 4 nitrogen and oxygen atoms in total. The molecule has 0 N–H and O–H groups in total. The van der Waals surface area contributed by atoms with Crippen molar-refractivity contribution in [1.82, 2.24) is 4.90 Å². The maximum Gasteiger partial charge on any atom is 0.179 e. The van der Waals surface area contributed by atoms with Crippen LogP contribution in [-0.2, 0) is 14.6 Å². The predicted octanol–water partition coefficient (Wildman–Crippen LogP) is 2.09. The van der Waals surface area contributed by atoms with Gasteiger partial charge in [0, 0.05) is 18.8 Å². The van der Waals surface area contributed by atoms with E-state index in [1.165, 1.54) is 0 Å². The van der Waals surface area contributed by atoms with Crippen molar-refractivity contribution in [2.75, 3.05) is 26.3 Å². The first-order valence-corrected chi connectivity index (χ1v) is 9.68. The minimum Gasteiger partial charge on any atom is -0.378 e. The van der Waals surface area contributed by atoms with Crippen molar-refractivity contribution < 1.29 is 13.2 Å². The van der Waals surface area contributed by atoms with Gasteiger partial charge in [0.1, 0.15) is 0 Å². The van der Waals surface area contributed by atoms with Gasteiger partial charge >= 0.3 is 0 Å². The normalized spacial score (nSPS) is 36.0. The van der Waals surface area contributed by atoms with Crippen molar-refractivity contribution in [3.63, 3.8) is 0 Å². The Bertz CT molecular complexity index is 587. The predicted molar refractivity (Wildman–Crippen MR) is 81.3 cm³/mol. The van der Waals surface area contributed by atoms with Crippen molar-refractivity contribution in [1.29, 1.82) is 0 Å². The van der Waals surface area contributed by atoms with Crippen molar-refractivity contribution >= 4 is 9.84 Å². The van der Waals surface area contributed by atoms with Crippen LogP contribution in [0.25, 0.3) is 0 Å². The first-order valence-electron chi connectivity index (χ1n) is 8.13. The number of hydrogen-bond donors (Lipinski definition) is 0. The number of hydrogen-bond acceptors (Lipinski definition) is 4. The maximum atomic E-state index is 13.1. The van der Waals surface area contributed by atoms with Gasteiger partial charge in [-0.2, -0.15) is 0 Å². The van der Waals surface area contributed by atoms with E-state index >= 15 is 0 Å². The summed E-state index contributed by atoms with van der Waals surface area (Å²) in [5, 5.41) is -0.156. The van der Waals surface area contributed by atoms with E-state index in [0.717, 1.165) is 55.8 Å². The Morgan fingerprint density at radius 2 is 1.90 bits per heavy atom. The van der Waals surface area contributed by atoms with Crippen molar-refractivity contribution in [2.45, 2.75) is 37.4 Å². The lowest BCUT2D eigenvalue weighted by atomic mass is 10.1. The van der Waals surface area contributed by atoms with Gasteiger partial charge < -0.3 is 9.64 Å². The highest BCUT2D eigenvalue weighted by molar-refractivity contribution is 7.95. The minimum atomic E-state index is -3.12. The molecule has 4 aliphatic rings. The van der Waals surface area contributed by atoms with Crippen LogP contribution in [-0.4, -0.2) is 44.9 Å². The van der Waals surface area contributed by atoms with Gasteiger partial charge in [-0.3, -0.25) is 0 Å². The molecule has 1 aliphatic heterocycles. The van der Waals surface area contributed by atoms with Crippen LogP contribution >= 0.6 is 0 Å². The van der Waals surface area contributed by atoms with Gasteiger partial charge in [0.25, 0.3) is 0 Å². The van der Waals surface area contributed by atoms with E-state index in [1.807, 2.05) is 0 Å². The van der Waals surface area contributed by atoms with Gasteiger partial charge in [-0.25, -0.2) is 8.42 Å². The maximum absolute atomic E-state index is 13.1. The van der Waals surface area contributed by atoms with E-state index in [1.54, 1.807) is 0 Å². The fourth-order valence-corrected chi connectivity index (χ4v) is 6.96. The number of morpholine rings is 1. The fraction of sp³-hybridized carbons (Fsp3) is 0.750. The van der Waals surface area contributed by atoms with Crippen LogP contribution in [0.1, 0.15) is 32.1 Å². The third kappa shape index (κ3) is 2.25. The summed E-state index contributed by atoms with van der Waals surface area (Å²) in [7, 11) is -3.12. The van der Waals surface area contributed by atoms with Crippen molar-refractivity contribution in [3.8, 4) is 0 Å². The number of nitrogens with zero attached hydrogens (tertiary/aromatic N) is 1. The molecule has 4 rings (SSSR count). The van der Waals surface area contributed by atoms with Gasteiger partial charge in [-0.1, -0.05) is 12.2 Å². The van der Waals surface area contributed by atoms with Gasteiger partial charge in [-0.15, -0.1) is 0 Å². The summed E-state index contributed by atoms with van der Waals surface area (Å²) < 4.78 is 31.7. The molecule has 2 bridgehead atoms. The smallest absolute Gasteiger partial charge is 0.179 e. The number of fused-ring (bicyclic) bond motifs is 2. The zero-order valence-corrected chi connectivity index (χ0v) is 13.1. The third-order valence-electron chi connectivity index (χ3n) is 5.49. The topological polar surface area (TPSA) is 46.6 Å². The van der Waals surface area contributed by atoms with Crippen LogP contribution in [0.5, 0.6) is 0 Å². The molecule has 1 heterocycles. The van der Waals surface area contributed by atoms with Crippen molar-refractivity contribution in [3.05, 3.63) is 22.8 Å². The van der Waals surface area contributed by atoms with Crippen LogP contribution in [0.3, 0.4) is 0 Å². The Balaban J connectivity index is 1.65. The lowest BCUT2D eigenvalue weighted by Gasteiger charge is -2.31. The quantitative estimate of drug-likeness (QED) is 0.749. The molecule has 3 atom stereocenters. The second kappa shape index (κ2) is 5.13. The van der Waals surface area contributed by atoms with Gasteiger partial charge in [0.05, 0.1) is 23.4 Å². The zero-order chi connectivity index (χ0) is 14.4. The average Bonchev–Trinajstić information content (AvgIpc) is 3.24. The highest BCUT2D eigenvalue weighted by Crippen LogP contribution is 2.46. The van der Waals surface area contributed by atoms with E-state index < -0.39 is 9.84 Å². The minimum absolute atomic E-state index is 0.156. The second-order valence-corrected chi connectivity index (χ2v) is 8.87. The highest BCUT2D eigenvalue weighted by Gasteiger charge is 2.46. The summed E-state index contributed by atoms with van der Waals surface area (Å²) in [5.41, 5.74) is 1.10.